The van der Waals surface area contributed by atoms with Crippen molar-refractivity contribution >= 4 is 40.1 Å². The van der Waals surface area contributed by atoms with Gasteiger partial charge in [-0.3, -0.25) is 14.5 Å². The second-order valence-corrected chi connectivity index (χ2v) is 6.97. The van der Waals surface area contributed by atoms with Crippen LogP contribution in [0.25, 0.3) is 0 Å². The Labute approximate surface area is 151 Å². The fraction of sp³-hybridized carbons (Fsp3) is 0.211. The summed E-state index contributed by atoms with van der Waals surface area (Å²) in [7, 11) is 1.69. The van der Waals surface area contributed by atoms with Crippen molar-refractivity contribution in [3.8, 4) is 0 Å². The second-order valence-electron chi connectivity index (χ2n) is 5.80. The molecule has 1 heterocycles. The van der Waals surface area contributed by atoms with Gasteiger partial charge in [-0.2, -0.15) is 0 Å². The number of carbonyl (C=O) groups is 2. The van der Waals surface area contributed by atoms with Crippen molar-refractivity contribution in [1.82, 2.24) is 4.90 Å². The molecular formula is C19H19N3O2S. The molecule has 0 bridgehead atoms. The summed E-state index contributed by atoms with van der Waals surface area (Å²) in [6.45, 7) is 1.93. The largest absolute Gasteiger partial charge is 0.326 e. The lowest BCUT2D eigenvalue weighted by molar-refractivity contribution is -0.127. The van der Waals surface area contributed by atoms with E-state index in [1.165, 1.54) is 16.7 Å². The van der Waals surface area contributed by atoms with E-state index in [4.69, 9.17) is 0 Å². The van der Waals surface area contributed by atoms with Gasteiger partial charge in [-0.15, -0.1) is 0 Å². The van der Waals surface area contributed by atoms with Crippen molar-refractivity contribution in [3.63, 3.8) is 0 Å². The van der Waals surface area contributed by atoms with Gasteiger partial charge in [-0.25, -0.2) is 4.99 Å². The molecule has 3 rings (SSSR count). The number of aliphatic imine (C=N–C) groups is 1. The van der Waals surface area contributed by atoms with Crippen molar-refractivity contribution in [3.05, 3.63) is 60.2 Å². The molecule has 1 aliphatic heterocycles. The normalized spacial score (nSPS) is 18.6. The molecule has 0 spiro atoms. The molecule has 1 aliphatic rings. The second kappa shape index (κ2) is 7.53. The van der Waals surface area contributed by atoms with Gasteiger partial charge in [0.15, 0.2) is 5.17 Å². The topological polar surface area (TPSA) is 61.8 Å². The molecule has 6 heteroatoms. The van der Waals surface area contributed by atoms with Gasteiger partial charge in [-0.05, 0) is 30.7 Å². The number of hydrogen-bond donors (Lipinski definition) is 1. The van der Waals surface area contributed by atoms with Crippen LogP contribution in [0.3, 0.4) is 0 Å². The van der Waals surface area contributed by atoms with Gasteiger partial charge >= 0.3 is 0 Å². The van der Waals surface area contributed by atoms with Crippen LogP contribution in [-0.4, -0.2) is 34.2 Å². The predicted octanol–water partition coefficient (Wildman–Crippen LogP) is 3.59. The number of nitrogens with zero attached hydrogens (tertiary/aromatic N) is 2. The van der Waals surface area contributed by atoms with Crippen molar-refractivity contribution in [1.29, 1.82) is 0 Å². The Morgan fingerprint density at radius 2 is 1.84 bits per heavy atom. The van der Waals surface area contributed by atoms with Gasteiger partial charge in [0.1, 0.15) is 5.25 Å². The summed E-state index contributed by atoms with van der Waals surface area (Å²) >= 11 is 1.33. The van der Waals surface area contributed by atoms with Gasteiger partial charge in [0.25, 0.3) is 0 Å². The van der Waals surface area contributed by atoms with Gasteiger partial charge in [0, 0.05) is 19.2 Å². The third kappa shape index (κ3) is 4.09. The summed E-state index contributed by atoms with van der Waals surface area (Å²) in [6, 6.07) is 17.0. The van der Waals surface area contributed by atoms with Crippen LogP contribution in [0.5, 0.6) is 0 Å². The standard InChI is InChI=1S/C19H19N3O2S/c1-13-8-6-7-11-15(13)21-17(23)12-16-18(24)22(2)19(25-16)20-14-9-4-3-5-10-14/h3-11,16H,12H2,1-2H3,(H,21,23)/t16-/m1/s1. The smallest absolute Gasteiger partial charge is 0.242 e. The highest BCUT2D eigenvalue weighted by Crippen LogP contribution is 2.30. The van der Waals surface area contributed by atoms with Crippen molar-refractivity contribution in [2.24, 2.45) is 4.99 Å². The number of amides is 2. The Morgan fingerprint density at radius 1 is 1.16 bits per heavy atom. The minimum atomic E-state index is -0.448. The first kappa shape index (κ1) is 17.2. The first-order valence-corrected chi connectivity index (χ1v) is 8.86. The number of carbonyl (C=O) groups excluding carboxylic acids is 2. The molecule has 5 nitrogen and oxygen atoms in total. The number of rotatable bonds is 4. The molecule has 1 fully saturated rings. The predicted molar refractivity (Wildman–Crippen MR) is 102 cm³/mol. The van der Waals surface area contributed by atoms with E-state index >= 15 is 0 Å². The van der Waals surface area contributed by atoms with Crippen LogP contribution < -0.4 is 5.32 Å². The molecule has 0 saturated carbocycles. The van der Waals surface area contributed by atoms with Gasteiger partial charge < -0.3 is 5.32 Å². The number of amidine groups is 1. The SMILES string of the molecule is Cc1ccccc1NC(=O)C[C@H]1SC(=Nc2ccccc2)N(C)C1=O. The number of thioether (sulfide) groups is 1. The van der Waals surface area contributed by atoms with Crippen LogP contribution in [0.15, 0.2) is 59.6 Å². The van der Waals surface area contributed by atoms with E-state index in [0.717, 1.165) is 16.9 Å². The summed E-state index contributed by atoms with van der Waals surface area (Å²) in [5.41, 5.74) is 2.55. The molecule has 0 unspecified atom stereocenters. The first-order chi connectivity index (χ1) is 12.0. The molecule has 1 saturated heterocycles. The van der Waals surface area contributed by atoms with Gasteiger partial charge in [0.05, 0.1) is 5.69 Å². The highest BCUT2D eigenvalue weighted by atomic mass is 32.2. The Balaban J connectivity index is 1.67. The van der Waals surface area contributed by atoms with Crippen molar-refractivity contribution in [2.45, 2.75) is 18.6 Å². The van der Waals surface area contributed by atoms with E-state index in [1.54, 1.807) is 7.05 Å². The molecule has 0 aromatic heterocycles. The zero-order valence-corrected chi connectivity index (χ0v) is 14.9. The van der Waals surface area contributed by atoms with Crippen LogP contribution in [-0.2, 0) is 9.59 Å². The summed E-state index contributed by atoms with van der Waals surface area (Å²) in [5.74, 6) is -0.269. The maximum absolute atomic E-state index is 12.4. The summed E-state index contributed by atoms with van der Waals surface area (Å²) in [5, 5.41) is 3.04. The lowest BCUT2D eigenvalue weighted by Crippen LogP contribution is -2.30. The van der Waals surface area contributed by atoms with Crippen LogP contribution in [0, 0.1) is 6.92 Å². The molecule has 2 aromatic carbocycles. The van der Waals surface area contributed by atoms with Gasteiger partial charge in [0.2, 0.25) is 11.8 Å². The summed E-state index contributed by atoms with van der Waals surface area (Å²) in [6.07, 6.45) is 0.121. The molecule has 2 aromatic rings. The highest BCUT2D eigenvalue weighted by Gasteiger charge is 2.37. The molecule has 1 N–H and O–H groups in total. The highest BCUT2D eigenvalue weighted by molar-refractivity contribution is 8.15. The maximum atomic E-state index is 12.4. The van der Waals surface area contributed by atoms with Crippen LogP contribution in [0.1, 0.15) is 12.0 Å². The van der Waals surface area contributed by atoms with E-state index in [2.05, 4.69) is 10.3 Å². The number of para-hydroxylation sites is 2. The molecule has 25 heavy (non-hydrogen) atoms. The van der Waals surface area contributed by atoms with Gasteiger partial charge in [-0.1, -0.05) is 48.2 Å². The Hall–Kier alpha value is -2.60. The van der Waals surface area contributed by atoms with E-state index in [9.17, 15) is 9.59 Å². The minimum Gasteiger partial charge on any atom is -0.326 e. The minimum absolute atomic E-state index is 0.0976. The summed E-state index contributed by atoms with van der Waals surface area (Å²) in [4.78, 5) is 30.7. The van der Waals surface area contributed by atoms with Crippen LogP contribution in [0.2, 0.25) is 0 Å². The Bertz CT molecular complexity index is 820. The molecule has 0 aliphatic carbocycles. The van der Waals surface area contributed by atoms with E-state index in [0.29, 0.717) is 5.17 Å². The zero-order valence-electron chi connectivity index (χ0n) is 14.1. The number of aryl methyl sites for hydroxylation is 1. The fourth-order valence-electron chi connectivity index (χ4n) is 2.49. The number of hydrogen-bond acceptors (Lipinski definition) is 4. The number of nitrogens with one attached hydrogen (secondary N) is 1. The quantitative estimate of drug-likeness (QED) is 0.914. The molecule has 1 atom stereocenters. The van der Waals surface area contributed by atoms with Crippen LogP contribution >= 0.6 is 11.8 Å². The fourth-order valence-corrected chi connectivity index (χ4v) is 3.65. The third-order valence-corrected chi connectivity index (χ3v) is 5.14. The monoisotopic (exact) mass is 353 g/mol. The third-order valence-electron chi connectivity index (χ3n) is 3.91. The number of anilines is 1. The lowest BCUT2D eigenvalue weighted by Gasteiger charge is -2.10. The Kier molecular flexibility index (Phi) is 5.19. The summed E-state index contributed by atoms with van der Waals surface area (Å²) < 4.78 is 0. The van der Waals surface area contributed by atoms with E-state index in [-0.39, 0.29) is 18.2 Å². The first-order valence-electron chi connectivity index (χ1n) is 7.98. The Morgan fingerprint density at radius 3 is 2.56 bits per heavy atom. The molecule has 2 amide bonds. The molecule has 128 valence electrons. The van der Waals surface area contributed by atoms with E-state index in [1.807, 2.05) is 61.5 Å². The lowest BCUT2D eigenvalue weighted by atomic mass is 10.2. The van der Waals surface area contributed by atoms with E-state index < -0.39 is 5.25 Å². The van der Waals surface area contributed by atoms with Crippen molar-refractivity contribution < 1.29 is 9.59 Å². The molecular weight excluding hydrogens is 334 g/mol. The number of benzene rings is 2. The average Bonchev–Trinajstić information content (AvgIpc) is 2.86. The average molecular weight is 353 g/mol. The van der Waals surface area contributed by atoms with Crippen LogP contribution in [0.4, 0.5) is 11.4 Å². The zero-order chi connectivity index (χ0) is 17.8. The van der Waals surface area contributed by atoms with Crippen molar-refractivity contribution in [2.75, 3.05) is 12.4 Å². The maximum Gasteiger partial charge on any atom is 0.242 e. The molecule has 0 radical (unpaired) electrons.